The number of hydrogen-bond acceptors (Lipinski definition) is 3. The van der Waals surface area contributed by atoms with Crippen LogP contribution in [0.15, 0.2) is 24.3 Å². The minimum absolute atomic E-state index is 0.0723. The minimum atomic E-state index is 0.0723. The largest absolute Gasteiger partial charge is 0.371 e. The van der Waals surface area contributed by atoms with E-state index < -0.39 is 0 Å². The zero-order valence-corrected chi connectivity index (χ0v) is 16.7. The van der Waals surface area contributed by atoms with Crippen LogP contribution in [-0.2, 0) is 4.79 Å². The number of likely N-dealkylation sites (tertiary alicyclic amines) is 1. The molecule has 2 aliphatic rings. The van der Waals surface area contributed by atoms with Crippen LogP contribution in [0.3, 0.4) is 0 Å². The second-order valence-electron chi connectivity index (χ2n) is 8.52. The Labute approximate surface area is 158 Å². The summed E-state index contributed by atoms with van der Waals surface area (Å²) in [5.74, 6) is 1.52. The molecule has 2 atom stereocenters. The number of rotatable bonds is 5. The maximum atomic E-state index is 12.4. The van der Waals surface area contributed by atoms with Crippen molar-refractivity contribution in [2.24, 2.45) is 11.8 Å². The SMILES string of the molecule is C[C@H]1CCCN(c2ccc([C@H](C)NC(=O)CC3CCN(C)CC3)cc2)C1. The first-order valence-corrected chi connectivity index (χ1v) is 10.3. The van der Waals surface area contributed by atoms with Crippen molar-refractivity contribution in [1.82, 2.24) is 10.2 Å². The lowest BCUT2D eigenvalue weighted by Crippen LogP contribution is -2.34. The molecule has 1 amide bonds. The van der Waals surface area contributed by atoms with E-state index in [1.54, 1.807) is 0 Å². The molecular weight excluding hydrogens is 322 g/mol. The van der Waals surface area contributed by atoms with E-state index in [-0.39, 0.29) is 11.9 Å². The van der Waals surface area contributed by atoms with Gasteiger partial charge >= 0.3 is 0 Å². The number of anilines is 1. The molecule has 0 bridgehead atoms. The van der Waals surface area contributed by atoms with Crippen LogP contribution in [0.2, 0.25) is 0 Å². The van der Waals surface area contributed by atoms with Crippen molar-refractivity contribution in [3.8, 4) is 0 Å². The van der Waals surface area contributed by atoms with Crippen LogP contribution in [-0.4, -0.2) is 44.0 Å². The molecule has 4 heteroatoms. The molecule has 0 saturated carbocycles. The minimum Gasteiger partial charge on any atom is -0.371 e. The van der Waals surface area contributed by atoms with Crippen molar-refractivity contribution in [1.29, 1.82) is 0 Å². The zero-order chi connectivity index (χ0) is 18.5. The van der Waals surface area contributed by atoms with Gasteiger partial charge in [0.2, 0.25) is 5.91 Å². The van der Waals surface area contributed by atoms with Gasteiger partial charge in [-0.05, 0) is 82.3 Å². The van der Waals surface area contributed by atoms with Crippen LogP contribution in [0.1, 0.15) is 57.6 Å². The molecule has 144 valence electrons. The molecular formula is C22H35N3O. The molecule has 1 N–H and O–H groups in total. The summed E-state index contributed by atoms with van der Waals surface area (Å²) in [6.07, 6.45) is 5.58. The number of carbonyl (C=O) groups is 1. The highest BCUT2D eigenvalue weighted by molar-refractivity contribution is 5.76. The standard InChI is InChI=1S/C22H35N3O/c1-17-5-4-12-25(16-17)21-8-6-20(7-9-21)18(2)23-22(26)15-19-10-13-24(3)14-11-19/h6-9,17-19H,4-5,10-16H2,1-3H3,(H,23,26)/t17-,18-/m0/s1. The van der Waals surface area contributed by atoms with Gasteiger partial charge in [0.1, 0.15) is 0 Å². The molecule has 4 nitrogen and oxygen atoms in total. The van der Waals surface area contributed by atoms with Gasteiger partial charge in [0.15, 0.2) is 0 Å². The summed E-state index contributed by atoms with van der Waals surface area (Å²) in [6.45, 7) is 8.97. The fourth-order valence-electron chi connectivity index (χ4n) is 4.31. The van der Waals surface area contributed by atoms with Gasteiger partial charge in [0, 0.05) is 25.2 Å². The van der Waals surface area contributed by atoms with E-state index in [4.69, 9.17) is 0 Å². The Kier molecular flexibility index (Phi) is 6.58. The predicted molar refractivity (Wildman–Crippen MR) is 108 cm³/mol. The Morgan fingerprint density at radius 3 is 2.50 bits per heavy atom. The lowest BCUT2D eigenvalue weighted by Gasteiger charge is -2.33. The van der Waals surface area contributed by atoms with E-state index in [1.807, 2.05) is 0 Å². The van der Waals surface area contributed by atoms with Crippen LogP contribution in [0.5, 0.6) is 0 Å². The summed E-state index contributed by atoms with van der Waals surface area (Å²) < 4.78 is 0. The highest BCUT2D eigenvalue weighted by atomic mass is 16.1. The molecule has 1 aromatic rings. The molecule has 26 heavy (non-hydrogen) atoms. The quantitative estimate of drug-likeness (QED) is 0.870. The molecule has 0 radical (unpaired) electrons. The van der Waals surface area contributed by atoms with Crippen molar-refractivity contribution < 1.29 is 4.79 Å². The summed E-state index contributed by atoms with van der Waals surface area (Å²) in [7, 11) is 2.16. The number of nitrogens with zero attached hydrogens (tertiary/aromatic N) is 2. The van der Waals surface area contributed by atoms with Crippen LogP contribution in [0, 0.1) is 11.8 Å². The monoisotopic (exact) mass is 357 g/mol. The lowest BCUT2D eigenvalue weighted by atomic mass is 9.93. The van der Waals surface area contributed by atoms with E-state index in [0.717, 1.165) is 44.9 Å². The number of benzene rings is 1. The summed E-state index contributed by atoms with van der Waals surface area (Å²) >= 11 is 0. The summed E-state index contributed by atoms with van der Waals surface area (Å²) in [5.41, 5.74) is 2.50. The molecule has 3 rings (SSSR count). The zero-order valence-electron chi connectivity index (χ0n) is 16.7. The van der Waals surface area contributed by atoms with Crippen molar-refractivity contribution in [2.75, 3.05) is 38.1 Å². The average molecular weight is 358 g/mol. The van der Waals surface area contributed by atoms with Crippen molar-refractivity contribution >= 4 is 11.6 Å². The molecule has 0 unspecified atom stereocenters. The average Bonchev–Trinajstić information content (AvgIpc) is 2.64. The van der Waals surface area contributed by atoms with E-state index in [9.17, 15) is 4.79 Å². The van der Waals surface area contributed by atoms with Crippen LogP contribution >= 0.6 is 0 Å². The molecule has 2 fully saturated rings. The Hall–Kier alpha value is -1.55. The van der Waals surface area contributed by atoms with Crippen molar-refractivity contribution in [2.45, 2.75) is 52.0 Å². The van der Waals surface area contributed by atoms with E-state index in [1.165, 1.54) is 24.1 Å². The molecule has 0 aliphatic carbocycles. The molecule has 2 saturated heterocycles. The number of piperidine rings is 2. The Bertz CT molecular complexity index is 578. The van der Waals surface area contributed by atoms with Gasteiger partial charge < -0.3 is 15.1 Å². The third-order valence-electron chi connectivity index (χ3n) is 6.10. The maximum absolute atomic E-state index is 12.4. The van der Waals surface area contributed by atoms with Crippen molar-refractivity contribution in [3.63, 3.8) is 0 Å². The topological polar surface area (TPSA) is 35.6 Å². The smallest absolute Gasteiger partial charge is 0.220 e. The predicted octanol–water partition coefficient (Wildman–Crippen LogP) is 3.83. The fourth-order valence-corrected chi connectivity index (χ4v) is 4.31. The number of carbonyl (C=O) groups excluding carboxylic acids is 1. The highest BCUT2D eigenvalue weighted by Gasteiger charge is 2.21. The van der Waals surface area contributed by atoms with Gasteiger partial charge in [0.05, 0.1) is 6.04 Å². The van der Waals surface area contributed by atoms with Gasteiger partial charge in [-0.15, -0.1) is 0 Å². The maximum Gasteiger partial charge on any atom is 0.220 e. The Balaban J connectivity index is 1.49. The molecule has 0 aromatic heterocycles. The van der Waals surface area contributed by atoms with Gasteiger partial charge in [-0.25, -0.2) is 0 Å². The van der Waals surface area contributed by atoms with E-state index in [0.29, 0.717) is 12.3 Å². The first-order valence-electron chi connectivity index (χ1n) is 10.3. The summed E-state index contributed by atoms with van der Waals surface area (Å²) in [4.78, 5) is 17.2. The van der Waals surface area contributed by atoms with Gasteiger partial charge in [-0.1, -0.05) is 19.1 Å². The second kappa shape index (κ2) is 8.90. The summed E-state index contributed by atoms with van der Waals surface area (Å²) in [6, 6.07) is 8.85. The van der Waals surface area contributed by atoms with Gasteiger partial charge in [-0.2, -0.15) is 0 Å². The third kappa shape index (κ3) is 5.23. The molecule has 2 aliphatic heterocycles. The molecule has 0 spiro atoms. The first-order chi connectivity index (χ1) is 12.5. The molecule has 1 aromatic carbocycles. The Morgan fingerprint density at radius 2 is 1.85 bits per heavy atom. The number of nitrogens with one attached hydrogen (secondary N) is 1. The second-order valence-corrected chi connectivity index (χ2v) is 8.52. The van der Waals surface area contributed by atoms with Crippen LogP contribution in [0.4, 0.5) is 5.69 Å². The first kappa shape index (κ1) is 19.2. The van der Waals surface area contributed by atoms with E-state index >= 15 is 0 Å². The lowest BCUT2D eigenvalue weighted by molar-refractivity contribution is -0.123. The van der Waals surface area contributed by atoms with E-state index in [2.05, 4.69) is 60.3 Å². The van der Waals surface area contributed by atoms with Crippen molar-refractivity contribution in [3.05, 3.63) is 29.8 Å². The highest BCUT2D eigenvalue weighted by Crippen LogP contribution is 2.25. The number of amides is 1. The number of hydrogen-bond donors (Lipinski definition) is 1. The summed E-state index contributed by atoms with van der Waals surface area (Å²) in [5, 5.41) is 3.19. The Morgan fingerprint density at radius 1 is 1.15 bits per heavy atom. The van der Waals surface area contributed by atoms with Gasteiger partial charge in [0.25, 0.3) is 0 Å². The van der Waals surface area contributed by atoms with Gasteiger partial charge in [-0.3, -0.25) is 4.79 Å². The molecule has 2 heterocycles. The normalized spacial score (nSPS) is 23.7. The van der Waals surface area contributed by atoms with Crippen LogP contribution < -0.4 is 10.2 Å². The third-order valence-corrected chi connectivity index (χ3v) is 6.10. The van der Waals surface area contributed by atoms with Crippen LogP contribution in [0.25, 0.3) is 0 Å². The fraction of sp³-hybridized carbons (Fsp3) is 0.682.